The lowest BCUT2D eigenvalue weighted by molar-refractivity contribution is 0.468. The van der Waals surface area contributed by atoms with E-state index in [0.717, 1.165) is 30.2 Å². The number of phenols is 2. The fourth-order valence-corrected chi connectivity index (χ4v) is 4.18. The number of nitrogens with two attached hydrogens (primary N) is 1. The van der Waals surface area contributed by atoms with Gasteiger partial charge in [0.25, 0.3) is 20.2 Å². The van der Waals surface area contributed by atoms with E-state index in [1.54, 1.807) is 19.1 Å². The number of allylic oxidation sites excluding steroid dienone is 8. The number of benzene rings is 2. The van der Waals surface area contributed by atoms with Crippen molar-refractivity contribution in [3.8, 4) is 11.5 Å². The van der Waals surface area contributed by atoms with E-state index in [2.05, 4.69) is 24.3 Å². The topological polar surface area (TPSA) is 175 Å². The Balaban J connectivity index is 0.000000563. The average molecular weight is 558 g/mol. The van der Waals surface area contributed by atoms with E-state index in [9.17, 15) is 26.5 Å². The zero-order chi connectivity index (χ0) is 25.5. The zero-order valence-corrected chi connectivity index (χ0v) is 21.3. The highest BCUT2D eigenvalue weighted by Crippen LogP contribution is 2.33. The van der Waals surface area contributed by atoms with Crippen LogP contribution in [-0.4, -0.2) is 36.2 Å². The summed E-state index contributed by atoms with van der Waals surface area (Å²) < 4.78 is 61.4. The highest BCUT2D eigenvalue weighted by molar-refractivity contribution is 7.86. The van der Waals surface area contributed by atoms with Crippen molar-refractivity contribution in [1.82, 2.24) is 0 Å². The molecule has 2 aromatic rings. The van der Waals surface area contributed by atoms with Crippen LogP contribution in [0.3, 0.4) is 0 Å². The largest absolute Gasteiger partial charge is 0.508 e. The first-order chi connectivity index (χ1) is 15.8. The van der Waals surface area contributed by atoms with Crippen LogP contribution >= 0.6 is 13.5 Å². The first-order valence-electron chi connectivity index (χ1n) is 9.85. The smallest absolute Gasteiger partial charge is 0.295 e. The Morgan fingerprint density at radius 1 is 0.833 bits per heavy atom. The summed E-state index contributed by atoms with van der Waals surface area (Å²) in [6, 6.07) is 5.78. The number of rotatable bonds is 3. The third-order valence-electron chi connectivity index (χ3n) is 4.65. The van der Waals surface area contributed by atoms with Crippen molar-refractivity contribution in [3.05, 3.63) is 84.0 Å². The van der Waals surface area contributed by atoms with Gasteiger partial charge in [0.1, 0.15) is 16.4 Å². The van der Waals surface area contributed by atoms with Crippen molar-refractivity contribution in [2.75, 3.05) is 5.73 Å². The molecule has 0 aromatic heterocycles. The minimum atomic E-state index is -4.29. The van der Waals surface area contributed by atoms with Crippen molar-refractivity contribution in [3.63, 3.8) is 0 Å². The molecule has 2 aliphatic rings. The molecule has 0 bridgehead atoms. The van der Waals surface area contributed by atoms with Gasteiger partial charge in [-0.3, -0.25) is 9.11 Å². The molecule has 0 aliphatic heterocycles. The average Bonchev–Trinajstić information content (AvgIpc) is 3.47. The number of aryl methyl sites for hydroxylation is 1. The van der Waals surface area contributed by atoms with E-state index in [-0.39, 0.29) is 47.9 Å². The van der Waals surface area contributed by atoms with E-state index >= 15 is 0 Å². The second-order valence-corrected chi connectivity index (χ2v) is 10.0. The summed E-state index contributed by atoms with van der Waals surface area (Å²) in [5.41, 5.74) is 6.61. The third kappa shape index (κ3) is 9.55. The number of nitrogen functional groups attached to an aromatic ring is 1. The first kappa shape index (κ1) is 33.0. The van der Waals surface area contributed by atoms with Crippen LogP contribution in [0.4, 0.5) is 5.69 Å². The molecule has 9 nitrogen and oxygen atoms in total. The monoisotopic (exact) mass is 557 g/mol. The number of hydrogen-bond donors (Lipinski definition) is 5. The Morgan fingerprint density at radius 3 is 1.86 bits per heavy atom. The van der Waals surface area contributed by atoms with E-state index < -0.39 is 20.2 Å². The summed E-state index contributed by atoms with van der Waals surface area (Å²) in [6.07, 6.45) is 15.5. The van der Waals surface area contributed by atoms with Crippen molar-refractivity contribution in [1.29, 1.82) is 0 Å². The van der Waals surface area contributed by atoms with Gasteiger partial charge in [-0.15, -0.1) is 0 Å². The van der Waals surface area contributed by atoms with Crippen LogP contribution in [0.5, 0.6) is 11.5 Å². The van der Waals surface area contributed by atoms with Gasteiger partial charge >= 0.3 is 0 Å². The molecular formula is C24H31NO8S3. The van der Waals surface area contributed by atoms with Crippen LogP contribution in [-0.2, 0) is 20.2 Å². The second kappa shape index (κ2) is 13.9. The molecular weight excluding hydrogens is 526 g/mol. The molecule has 2 aromatic carbocycles. The fraction of sp³-hybridized carbons (Fsp3) is 0.167. The first-order valence-corrected chi connectivity index (χ1v) is 12.7. The summed E-state index contributed by atoms with van der Waals surface area (Å²) in [6.45, 7) is 1.58. The number of anilines is 1. The third-order valence-corrected chi connectivity index (χ3v) is 6.39. The molecule has 0 heterocycles. The molecule has 0 unspecified atom stereocenters. The van der Waals surface area contributed by atoms with E-state index in [0.29, 0.717) is 17.5 Å². The molecule has 0 saturated carbocycles. The van der Waals surface area contributed by atoms with Gasteiger partial charge < -0.3 is 15.9 Å². The van der Waals surface area contributed by atoms with Crippen molar-refractivity contribution in [2.45, 2.75) is 37.0 Å². The van der Waals surface area contributed by atoms with Gasteiger partial charge in [0.15, 0.2) is 0 Å². The molecule has 12 heteroatoms. The van der Waals surface area contributed by atoms with Gasteiger partial charge in [0.2, 0.25) is 0 Å². The summed E-state index contributed by atoms with van der Waals surface area (Å²) >= 11 is 0. The molecule has 0 amide bonds. The summed E-state index contributed by atoms with van der Waals surface area (Å²) in [5, 5.41) is 18.5. The predicted octanol–water partition coefficient (Wildman–Crippen LogP) is 4.76. The van der Waals surface area contributed by atoms with Crippen LogP contribution < -0.4 is 5.73 Å². The van der Waals surface area contributed by atoms with Gasteiger partial charge in [-0.2, -0.15) is 30.3 Å². The van der Waals surface area contributed by atoms with E-state index in [4.69, 9.17) is 15.4 Å². The lowest BCUT2D eigenvalue weighted by Gasteiger charge is -2.10. The standard InChI is InChI=1S/C12H12O4S.C6H7NO4S.C5H6.CH4.H2S/c1-8-6-12(17(14,15)16)10(7-11(8)13)9-4-2-3-5-9;7-5-3-4(12(9,10)11)1-2-6(5)8;1-2-4-5-3-1;;/h2-4,6-7,13H,5H2,1H3,(H,14,15,16);1-3,8H,7H2,(H,9,10,11);1-4H,5H2;1H4;1H2. The Hall–Kier alpha value is -3.03. The molecule has 36 heavy (non-hydrogen) atoms. The number of aromatic hydroxyl groups is 2. The molecule has 6 N–H and O–H groups in total. The maximum atomic E-state index is 11.3. The zero-order valence-electron chi connectivity index (χ0n) is 18.7. The Bertz CT molecular complexity index is 1380. The molecule has 0 saturated heterocycles. The summed E-state index contributed by atoms with van der Waals surface area (Å²) in [4.78, 5) is -0.499. The quantitative estimate of drug-likeness (QED) is 0.202. The molecule has 0 fully saturated rings. The van der Waals surface area contributed by atoms with Crippen molar-refractivity contribution >= 4 is 45.0 Å². The molecule has 4 rings (SSSR count). The summed E-state index contributed by atoms with van der Waals surface area (Å²) in [5.74, 6) is -0.206. The lowest BCUT2D eigenvalue weighted by atomic mass is 10.0. The van der Waals surface area contributed by atoms with E-state index in [1.165, 1.54) is 12.1 Å². The lowest BCUT2D eigenvalue weighted by Crippen LogP contribution is -2.03. The van der Waals surface area contributed by atoms with E-state index in [1.807, 2.05) is 6.08 Å². The fourth-order valence-electron chi connectivity index (χ4n) is 2.87. The number of hydrogen-bond acceptors (Lipinski definition) is 7. The predicted molar refractivity (Wildman–Crippen MR) is 147 cm³/mol. The Labute approximate surface area is 218 Å². The van der Waals surface area contributed by atoms with Crippen LogP contribution in [0, 0.1) is 6.92 Å². The second-order valence-electron chi connectivity index (χ2n) is 7.22. The minimum Gasteiger partial charge on any atom is -0.508 e. The van der Waals surface area contributed by atoms with Gasteiger partial charge in [0, 0.05) is 5.56 Å². The van der Waals surface area contributed by atoms with Crippen molar-refractivity contribution in [2.24, 2.45) is 0 Å². The minimum absolute atomic E-state index is 0. The van der Waals surface area contributed by atoms with Gasteiger partial charge in [-0.1, -0.05) is 50.0 Å². The van der Waals surface area contributed by atoms with Gasteiger partial charge in [-0.05, 0) is 61.2 Å². The maximum absolute atomic E-state index is 11.3. The molecule has 2 aliphatic carbocycles. The molecule has 0 atom stereocenters. The summed E-state index contributed by atoms with van der Waals surface area (Å²) in [7, 11) is -8.52. The van der Waals surface area contributed by atoms with Crippen LogP contribution in [0.25, 0.3) is 5.57 Å². The SMILES string of the molecule is C.C1=CCC=C1.Cc1cc(S(=O)(=O)O)c(C2=CC=CC2)cc1O.Nc1cc(S(=O)(=O)O)ccc1O.S. The van der Waals surface area contributed by atoms with Crippen LogP contribution in [0.2, 0.25) is 0 Å². The normalized spacial score (nSPS) is 13.4. The Kier molecular flexibility index (Phi) is 12.7. The van der Waals surface area contributed by atoms with Crippen LogP contribution in [0.1, 0.15) is 31.4 Å². The number of phenolic OH excluding ortho intramolecular Hbond substituents is 2. The molecule has 0 spiro atoms. The van der Waals surface area contributed by atoms with Gasteiger partial charge in [0.05, 0.1) is 10.6 Å². The Morgan fingerprint density at radius 2 is 1.44 bits per heavy atom. The molecule has 0 radical (unpaired) electrons. The van der Waals surface area contributed by atoms with Crippen molar-refractivity contribution < 1.29 is 36.2 Å². The maximum Gasteiger partial charge on any atom is 0.295 e. The highest BCUT2D eigenvalue weighted by Gasteiger charge is 2.20. The van der Waals surface area contributed by atoms with Gasteiger partial charge in [-0.25, -0.2) is 0 Å². The van der Waals surface area contributed by atoms with Crippen LogP contribution in [0.15, 0.2) is 82.7 Å². The molecule has 198 valence electrons. The highest BCUT2D eigenvalue weighted by atomic mass is 32.2.